The summed E-state index contributed by atoms with van der Waals surface area (Å²) in [6, 6.07) is 1.89. The monoisotopic (exact) mass is 140 g/mol. The summed E-state index contributed by atoms with van der Waals surface area (Å²) in [6.07, 6.45) is 2.56. The van der Waals surface area contributed by atoms with E-state index in [1.54, 1.807) is 6.26 Å². The molecule has 0 bridgehead atoms. The smallest absolute Gasteiger partial charge is 0.124 e. The quantitative estimate of drug-likeness (QED) is 0.621. The van der Waals surface area contributed by atoms with Gasteiger partial charge in [0.2, 0.25) is 0 Å². The largest absolute Gasteiger partial charge is 0.365 e. The molecule has 1 heterocycles. The van der Waals surface area contributed by atoms with E-state index in [1.165, 1.54) is 0 Å². The summed E-state index contributed by atoms with van der Waals surface area (Å²) < 4.78 is 4.68. The fraction of sp³-hybridized carbons (Fsp3) is 0.571. The van der Waals surface area contributed by atoms with Crippen LogP contribution in [0.3, 0.4) is 0 Å². The zero-order valence-electron chi connectivity index (χ0n) is 6.37. The van der Waals surface area contributed by atoms with Gasteiger partial charge in [-0.1, -0.05) is 5.16 Å². The second-order valence-corrected chi connectivity index (χ2v) is 2.54. The van der Waals surface area contributed by atoms with Gasteiger partial charge in [-0.2, -0.15) is 0 Å². The SMILES string of the molecule is CN(C)CCc1ccon1. The number of hydrogen-bond donors (Lipinski definition) is 0. The maximum absolute atomic E-state index is 4.68. The van der Waals surface area contributed by atoms with Crippen LogP contribution in [0.2, 0.25) is 0 Å². The molecule has 0 saturated carbocycles. The summed E-state index contributed by atoms with van der Waals surface area (Å²) in [5, 5.41) is 3.79. The van der Waals surface area contributed by atoms with Crippen molar-refractivity contribution in [3.63, 3.8) is 0 Å². The van der Waals surface area contributed by atoms with E-state index in [2.05, 4.69) is 14.6 Å². The number of hydrogen-bond acceptors (Lipinski definition) is 3. The van der Waals surface area contributed by atoms with Gasteiger partial charge in [0.05, 0.1) is 5.69 Å². The molecular formula is C7H12N2O. The Balaban J connectivity index is 2.28. The van der Waals surface area contributed by atoms with Crippen molar-refractivity contribution in [2.75, 3.05) is 20.6 Å². The second kappa shape index (κ2) is 3.37. The zero-order valence-corrected chi connectivity index (χ0v) is 6.37. The minimum Gasteiger partial charge on any atom is -0.365 e. The van der Waals surface area contributed by atoms with Crippen molar-refractivity contribution in [2.24, 2.45) is 0 Å². The molecule has 1 aromatic heterocycles. The summed E-state index contributed by atoms with van der Waals surface area (Å²) in [6.45, 7) is 1.02. The minimum absolute atomic E-state index is 0.962. The van der Waals surface area contributed by atoms with Gasteiger partial charge in [-0.3, -0.25) is 0 Å². The molecule has 10 heavy (non-hydrogen) atoms. The van der Waals surface area contributed by atoms with Gasteiger partial charge in [-0.25, -0.2) is 0 Å². The average molecular weight is 140 g/mol. The first-order valence-electron chi connectivity index (χ1n) is 3.33. The summed E-state index contributed by atoms with van der Waals surface area (Å²) in [5.74, 6) is 0. The van der Waals surface area contributed by atoms with E-state index in [-0.39, 0.29) is 0 Å². The fourth-order valence-electron chi connectivity index (χ4n) is 0.705. The third-order valence-electron chi connectivity index (χ3n) is 1.31. The van der Waals surface area contributed by atoms with Crippen LogP contribution >= 0.6 is 0 Å². The van der Waals surface area contributed by atoms with Crippen LogP contribution in [0.4, 0.5) is 0 Å². The van der Waals surface area contributed by atoms with E-state index in [1.807, 2.05) is 20.2 Å². The van der Waals surface area contributed by atoms with E-state index >= 15 is 0 Å². The maximum Gasteiger partial charge on any atom is 0.124 e. The number of nitrogens with zero attached hydrogens (tertiary/aromatic N) is 2. The van der Waals surface area contributed by atoms with E-state index in [0.29, 0.717) is 0 Å². The lowest BCUT2D eigenvalue weighted by atomic mass is 10.3. The average Bonchev–Trinajstić information content (AvgIpc) is 2.34. The molecule has 0 fully saturated rings. The van der Waals surface area contributed by atoms with Crippen LogP contribution in [0.25, 0.3) is 0 Å². The number of likely N-dealkylation sites (N-methyl/N-ethyl adjacent to an activating group) is 1. The van der Waals surface area contributed by atoms with Gasteiger partial charge in [-0.05, 0) is 14.1 Å². The molecule has 0 amide bonds. The highest BCUT2D eigenvalue weighted by atomic mass is 16.5. The van der Waals surface area contributed by atoms with Crippen molar-refractivity contribution in [3.05, 3.63) is 18.0 Å². The standard InChI is InChI=1S/C7H12N2O/c1-9(2)5-3-7-4-6-10-8-7/h4,6H,3,5H2,1-2H3. The summed E-state index contributed by atoms with van der Waals surface area (Å²) in [7, 11) is 4.08. The normalized spacial score (nSPS) is 10.7. The molecular weight excluding hydrogens is 128 g/mol. The van der Waals surface area contributed by atoms with Gasteiger partial charge in [0.25, 0.3) is 0 Å². The van der Waals surface area contributed by atoms with Crippen molar-refractivity contribution in [1.29, 1.82) is 0 Å². The highest BCUT2D eigenvalue weighted by Crippen LogP contribution is 1.95. The minimum atomic E-state index is 0.962. The van der Waals surface area contributed by atoms with Gasteiger partial charge in [0, 0.05) is 19.0 Å². The zero-order chi connectivity index (χ0) is 7.40. The van der Waals surface area contributed by atoms with Gasteiger partial charge >= 0.3 is 0 Å². The van der Waals surface area contributed by atoms with Crippen LogP contribution in [-0.4, -0.2) is 30.7 Å². The molecule has 0 saturated heterocycles. The Kier molecular flexibility index (Phi) is 2.45. The number of rotatable bonds is 3. The van der Waals surface area contributed by atoms with Crippen molar-refractivity contribution < 1.29 is 4.52 Å². The van der Waals surface area contributed by atoms with Crippen LogP contribution in [-0.2, 0) is 6.42 Å². The maximum atomic E-state index is 4.68. The molecule has 0 aliphatic rings. The molecule has 0 atom stereocenters. The summed E-state index contributed by atoms with van der Waals surface area (Å²) in [5.41, 5.74) is 1.02. The third-order valence-corrected chi connectivity index (χ3v) is 1.31. The molecule has 56 valence electrons. The molecule has 0 unspecified atom stereocenters. The van der Waals surface area contributed by atoms with Gasteiger partial charge in [0.1, 0.15) is 6.26 Å². The third kappa shape index (κ3) is 2.19. The number of aromatic nitrogens is 1. The van der Waals surface area contributed by atoms with Crippen molar-refractivity contribution in [2.45, 2.75) is 6.42 Å². The molecule has 0 aromatic carbocycles. The van der Waals surface area contributed by atoms with Crippen LogP contribution in [0.1, 0.15) is 5.69 Å². The summed E-state index contributed by atoms with van der Waals surface area (Å²) in [4.78, 5) is 2.12. The molecule has 3 nitrogen and oxygen atoms in total. The Morgan fingerprint density at radius 2 is 2.40 bits per heavy atom. The van der Waals surface area contributed by atoms with Gasteiger partial charge in [-0.15, -0.1) is 0 Å². The molecule has 1 aromatic rings. The Hall–Kier alpha value is -0.830. The predicted molar refractivity (Wildman–Crippen MR) is 38.8 cm³/mol. The van der Waals surface area contributed by atoms with E-state index in [9.17, 15) is 0 Å². The summed E-state index contributed by atoms with van der Waals surface area (Å²) >= 11 is 0. The first kappa shape index (κ1) is 7.28. The lowest BCUT2D eigenvalue weighted by Gasteiger charge is -2.05. The van der Waals surface area contributed by atoms with E-state index in [0.717, 1.165) is 18.7 Å². The van der Waals surface area contributed by atoms with Crippen molar-refractivity contribution in [1.82, 2.24) is 10.1 Å². The van der Waals surface area contributed by atoms with Crippen LogP contribution in [0.5, 0.6) is 0 Å². The highest BCUT2D eigenvalue weighted by molar-refractivity contribution is 4.95. The van der Waals surface area contributed by atoms with E-state index < -0.39 is 0 Å². The first-order chi connectivity index (χ1) is 4.79. The van der Waals surface area contributed by atoms with Crippen molar-refractivity contribution in [3.8, 4) is 0 Å². The van der Waals surface area contributed by atoms with Gasteiger partial charge < -0.3 is 9.42 Å². The Morgan fingerprint density at radius 3 is 2.90 bits per heavy atom. The Morgan fingerprint density at radius 1 is 1.60 bits per heavy atom. The molecule has 0 aliphatic heterocycles. The van der Waals surface area contributed by atoms with Crippen LogP contribution < -0.4 is 0 Å². The topological polar surface area (TPSA) is 29.3 Å². The Bertz CT molecular complexity index is 170. The Labute approximate surface area is 60.6 Å². The molecule has 0 aliphatic carbocycles. The fourth-order valence-corrected chi connectivity index (χ4v) is 0.705. The molecule has 0 radical (unpaired) electrons. The predicted octanol–water partition coefficient (Wildman–Crippen LogP) is 0.779. The molecule has 0 N–H and O–H groups in total. The van der Waals surface area contributed by atoms with Crippen LogP contribution in [0.15, 0.2) is 16.9 Å². The first-order valence-corrected chi connectivity index (χ1v) is 3.33. The highest BCUT2D eigenvalue weighted by Gasteiger charge is 1.95. The van der Waals surface area contributed by atoms with Crippen LogP contribution in [0, 0.1) is 0 Å². The molecule has 3 heteroatoms. The van der Waals surface area contributed by atoms with E-state index in [4.69, 9.17) is 0 Å². The van der Waals surface area contributed by atoms with Crippen molar-refractivity contribution >= 4 is 0 Å². The molecule has 0 spiro atoms. The molecule has 1 rings (SSSR count). The lowest BCUT2D eigenvalue weighted by molar-refractivity contribution is 0.388. The van der Waals surface area contributed by atoms with Gasteiger partial charge in [0.15, 0.2) is 0 Å². The lowest BCUT2D eigenvalue weighted by Crippen LogP contribution is -2.15. The second-order valence-electron chi connectivity index (χ2n) is 2.54.